The van der Waals surface area contributed by atoms with E-state index in [-0.39, 0.29) is 11.9 Å². The van der Waals surface area contributed by atoms with E-state index in [0.29, 0.717) is 23.6 Å². The van der Waals surface area contributed by atoms with Crippen LogP contribution in [0, 0.1) is 0 Å². The van der Waals surface area contributed by atoms with Gasteiger partial charge in [-0.2, -0.15) is 5.10 Å². The number of ether oxygens (including phenoxy) is 2. The van der Waals surface area contributed by atoms with E-state index < -0.39 is 0 Å². The van der Waals surface area contributed by atoms with E-state index in [1.807, 2.05) is 54.6 Å². The van der Waals surface area contributed by atoms with Crippen molar-refractivity contribution in [3.05, 3.63) is 66.4 Å². The van der Waals surface area contributed by atoms with Crippen LogP contribution in [0.4, 0.5) is 0 Å². The molecule has 7 heteroatoms. The number of carbonyl (C=O) groups is 1. The van der Waals surface area contributed by atoms with E-state index in [4.69, 9.17) is 14.6 Å². The van der Waals surface area contributed by atoms with Crippen LogP contribution in [0.5, 0.6) is 5.75 Å². The maximum Gasteiger partial charge on any atom is 0.255 e. The zero-order valence-corrected chi connectivity index (χ0v) is 18.0. The monoisotopic (exact) mass is 420 g/mol. The molecule has 0 radical (unpaired) electrons. The lowest BCUT2D eigenvalue weighted by molar-refractivity contribution is 0.0204. The highest BCUT2D eigenvalue weighted by Crippen LogP contribution is 2.31. The SMILES string of the molecule is COc1ccccc1-c1nn(-c2ccccc2)cc1C(=O)NCC(C)N1CCOCC1. The maximum absolute atomic E-state index is 13.2. The molecular formula is C24H28N4O3. The predicted molar refractivity (Wildman–Crippen MR) is 120 cm³/mol. The molecule has 3 aromatic rings. The Bertz CT molecular complexity index is 1010. The summed E-state index contributed by atoms with van der Waals surface area (Å²) in [6.45, 7) is 5.92. The summed E-state index contributed by atoms with van der Waals surface area (Å²) >= 11 is 0. The molecule has 1 aromatic heterocycles. The van der Waals surface area contributed by atoms with Crippen molar-refractivity contribution >= 4 is 5.91 Å². The number of amides is 1. The number of rotatable bonds is 7. The summed E-state index contributed by atoms with van der Waals surface area (Å²) in [6, 6.07) is 17.6. The van der Waals surface area contributed by atoms with Crippen LogP contribution < -0.4 is 10.1 Å². The minimum absolute atomic E-state index is 0.150. The molecule has 1 N–H and O–H groups in total. The summed E-state index contributed by atoms with van der Waals surface area (Å²) in [5.41, 5.74) is 2.78. The van der Waals surface area contributed by atoms with Gasteiger partial charge in [0.25, 0.3) is 5.91 Å². The second kappa shape index (κ2) is 9.76. The molecule has 1 fully saturated rings. The number of para-hydroxylation sites is 2. The molecule has 2 aromatic carbocycles. The van der Waals surface area contributed by atoms with Gasteiger partial charge >= 0.3 is 0 Å². The molecule has 0 saturated carbocycles. The molecule has 1 aliphatic rings. The van der Waals surface area contributed by atoms with Gasteiger partial charge in [-0.15, -0.1) is 0 Å². The molecule has 1 atom stereocenters. The topological polar surface area (TPSA) is 68.6 Å². The summed E-state index contributed by atoms with van der Waals surface area (Å²) in [7, 11) is 1.62. The molecule has 2 heterocycles. The third-order valence-electron chi connectivity index (χ3n) is 5.57. The summed E-state index contributed by atoms with van der Waals surface area (Å²) in [5.74, 6) is 0.528. The summed E-state index contributed by atoms with van der Waals surface area (Å²) < 4.78 is 12.7. The van der Waals surface area contributed by atoms with Crippen molar-refractivity contribution < 1.29 is 14.3 Å². The van der Waals surface area contributed by atoms with Gasteiger partial charge in [0.1, 0.15) is 11.4 Å². The average Bonchev–Trinajstić information content (AvgIpc) is 3.29. The number of aromatic nitrogens is 2. The standard InChI is InChI=1S/C24H28N4O3/c1-18(27-12-14-31-15-13-27)16-25-24(29)21-17-28(19-8-4-3-5-9-19)26-23(21)20-10-6-7-11-22(20)30-2/h3-11,17-18H,12-16H2,1-2H3,(H,25,29). The molecule has 4 rings (SSSR count). The number of benzene rings is 2. The lowest BCUT2D eigenvalue weighted by Crippen LogP contribution is -2.47. The van der Waals surface area contributed by atoms with Crippen molar-refractivity contribution in [3.63, 3.8) is 0 Å². The second-order valence-electron chi connectivity index (χ2n) is 7.58. The van der Waals surface area contributed by atoms with Crippen LogP contribution in [0.1, 0.15) is 17.3 Å². The largest absolute Gasteiger partial charge is 0.496 e. The van der Waals surface area contributed by atoms with E-state index in [1.165, 1.54) is 0 Å². The Morgan fingerprint density at radius 2 is 1.84 bits per heavy atom. The molecule has 0 bridgehead atoms. The molecule has 0 aliphatic carbocycles. The first-order chi connectivity index (χ1) is 15.2. The average molecular weight is 421 g/mol. The highest BCUT2D eigenvalue weighted by Gasteiger charge is 2.23. The van der Waals surface area contributed by atoms with Crippen LogP contribution in [0.15, 0.2) is 60.8 Å². The Hall–Kier alpha value is -3.16. The van der Waals surface area contributed by atoms with Crippen molar-refractivity contribution in [2.45, 2.75) is 13.0 Å². The first-order valence-electron chi connectivity index (χ1n) is 10.6. The number of nitrogens with one attached hydrogen (secondary N) is 1. The number of methoxy groups -OCH3 is 1. The molecular weight excluding hydrogens is 392 g/mol. The van der Waals surface area contributed by atoms with Crippen LogP contribution in [-0.4, -0.2) is 66.6 Å². The molecule has 1 unspecified atom stereocenters. The maximum atomic E-state index is 13.2. The number of morpholine rings is 1. The lowest BCUT2D eigenvalue weighted by atomic mass is 10.1. The van der Waals surface area contributed by atoms with Crippen LogP contribution in [0.2, 0.25) is 0 Å². The Balaban J connectivity index is 1.62. The van der Waals surface area contributed by atoms with E-state index in [0.717, 1.165) is 37.6 Å². The minimum Gasteiger partial charge on any atom is -0.496 e. The Morgan fingerprint density at radius 3 is 2.58 bits per heavy atom. The molecule has 31 heavy (non-hydrogen) atoms. The van der Waals surface area contributed by atoms with Crippen molar-refractivity contribution in [3.8, 4) is 22.7 Å². The van der Waals surface area contributed by atoms with Gasteiger partial charge in [-0.3, -0.25) is 9.69 Å². The van der Waals surface area contributed by atoms with Crippen LogP contribution in [0.3, 0.4) is 0 Å². The van der Waals surface area contributed by atoms with Gasteiger partial charge in [-0.05, 0) is 31.2 Å². The number of hydrogen-bond acceptors (Lipinski definition) is 5. The predicted octanol–water partition coefficient (Wildman–Crippen LogP) is 3.00. The number of hydrogen-bond donors (Lipinski definition) is 1. The molecule has 1 amide bonds. The van der Waals surface area contributed by atoms with E-state index >= 15 is 0 Å². The molecule has 162 valence electrons. The lowest BCUT2D eigenvalue weighted by Gasteiger charge is -2.32. The smallest absolute Gasteiger partial charge is 0.255 e. The highest BCUT2D eigenvalue weighted by molar-refractivity contribution is 6.00. The van der Waals surface area contributed by atoms with Gasteiger partial charge in [0.2, 0.25) is 0 Å². The van der Waals surface area contributed by atoms with E-state index in [1.54, 1.807) is 18.0 Å². The summed E-state index contributed by atoms with van der Waals surface area (Å²) in [6.07, 6.45) is 1.78. The van der Waals surface area contributed by atoms with Gasteiger partial charge < -0.3 is 14.8 Å². The van der Waals surface area contributed by atoms with Gasteiger partial charge in [-0.1, -0.05) is 30.3 Å². The fourth-order valence-corrected chi connectivity index (χ4v) is 3.78. The van der Waals surface area contributed by atoms with Crippen molar-refractivity contribution in [1.82, 2.24) is 20.0 Å². The number of nitrogens with zero attached hydrogens (tertiary/aromatic N) is 3. The quantitative estimate of drug-likeness (QED) is 0.636. The Labute approximate surface area is 182 Å². The summed E-state index contributed by atoms with van der Waals surface area (Å²) in [5, 5.41) is 7.84. The first kappa shape index (κ1) is 21.1. The van der Waals surface area contributed by atoms with Crippen LogP contribution >= 0.6 is 0 Å². The molecule has 1 aliphatic heterocycles. The highest BCUT2D eigenvalue weighted by atomic mass is 16.5. The number of carbonyl (C=O) groups excluding carboxylic acids is 1. The zero-order valence-electron chi connectivity index (χ0n) is 18.0. The Kier molecular flexibility index (Phi) is 6.64. The first-order valence-corrected chi connectivity index (χ1v) is 10.6. The van der Waals surface area contributed by atoms with Crippen LogP contribution in [-0.2, 0) is 4.74 Å². The van der Waals surface area contributed by atoms with E-state index in [9.17, 15) is 4.79 Å². The third kappa shape index (κ3) is 4.78. The Morgan fingerprint density at radius 1 is 1.13 bits per heavy atom. The van der Waals surface area contributed by atoms with Crippen molar-refractivity contribution in [2.75, 3.05) is 40.0 Å². The van der Waals surface area contributed by atoms with E-state index in [2.05, 4.69) is 17.1 Å². The van der Waals surface area contributed by atoms with Gasteiger partial charge in [0, 0.05) is 37.4 Å². The van der Waals surface area contributed by atoms with Gasteiger partial charge in [0.15, 0.2) is 0 Å². The molecule has 0 spiro atoms. The molecule has 7 nitrogen and oxygen atoms in total. The minimum atomic E-state index is -0.150. The zero-order chi connectivity index (χ0) is 21.6. The third-order valence-corrected chi connectivity index (χ3v) is 5.57. The van der Waals surface area contributed by atoms with Gasteiger partial charge in [0.05, 0.1) is 31.6 Å². The van der Waals surface area contributed by atoms with Crippen LogP contribution in [0.25, 0.3) is 16.9 Å². The normalized spacial score (nSPS) is 15.4. The van der Waals surface area contributed by atoms with Gasteiger partial charge in [-0.25, -0.2) is 4.68 Å². The fourth-order valence-electron chi connectivity index (χ4n) is 3.78. The van der Waals surface area contributed by atoms with Crippen molar-refractivity contribution in [2.24, 2.45) is 0 Å². The molecule has 1 saturated heterocycles. The summed E-state index contributed by atoms with van der Waals surface area (Å²) in [4.78, 5) is 15.6. The fraction of sp³-hybridized carbons (Fsp3) is 0.333. The second-order valence-corrected chi connectivity index (χ2v) is 7.58. The van der Waals surface area contributed by atoms with Crippen molar-refractivity contribution in [1.29, 1.82) is 0 Å².